The second-order valence-corrected chi connectivity index (χ2v) is 9.71. The van der Waals surface area contributed by atoms with Gasteiger partial charge in [0, 0.05) is 30.4 Å². The number of rotatable bonds is 11. The van der Waals surface area contributed by atoms with Crippen molar-refractivity contribution in [2.45, 2.75) is 56.3 Å². The summed E-state index contributed by atoms with van der Waals surface area (Å²) in [7, 11) is 0. The maximum atomic E-state index is 14.1. The number of carbonyl (C=O) groups excluding carboxylic acids is 2. The van der Waals surface area contributed by atoms with Crippen molar-refractivity contribution in [3.8, 4) is 0 Å². The molecule has 4 rings (SSSR count). The van der Waals surface area contributed by atoms with Crippen LogP contribution in [0.25, 0.3) is 0 Å². The maximum Gasteiger partial charge on any atom is 0.310 e. The maximum absolute atomic E-state index is 14.1. The SMILES string of the molecule is C=CCN(C(=O)[C@H]1N(CCCCCCO)C(=O)[C@@H]2[C@@H](C(=O)O)[C@H]3CC[C@]21O3)c1ccc(Cl)cc1. The predicted molar refractivity (Wildman–Crippen MR) is 127 cm³/mol. The zero-order valence-electron chi connectivity index (χ0n) is 19.1. The summed E-state index contributed by atoms with van der Waals surface area (Å²) in [6.45, 7) is 4.45. The summed E-state index contributed by atoms with van der Waals surface area (Å²) < 4.78 is 6.25. The summed E-state index contributed by atoms with van der Waals surface area (Å²) >= 11 is 6.04. The molecule has 0 unspecified atom stereocenters. The number of amides is 2. The molecule has 2 bridgehead atoms. The van der Waals surface area contributed by atoms with Gasteiger partial charge in [0.25, 0.3) is 5.91 Å². The highest BCUT2D eigenvalue weighted by atomic mass is 35.5. The van der Waals surface area contributed by atoms with Crippen LogP contribution in [0.4, 0.5) is 5.69 Å². The second kappa shape index (κ2) is 10.1. The lowest BCUT2D eigenvalue weighted by Crippen LogP contribution is -2.56. The van der Waals surface area contributed by atoms with E-state index >= 15 is 0 Å². The van der Waals surface area contributed by atoms with Gasteiger partial charge in [-0.1, -0.05) is 30.5 Å². The lowest BCUT2D eigenvalue weighted by molar-refractivity contribution is -0.149. The number of aliphatic hydroxyl groups is 1. The number of aliphatic hydroxyl groups excluding tert-OH is 1. The van der Waals surface area contributed by atoms with Crippen LogP contribution in [-0.4, -0.2) is 70.3 Å². The minimum atomic E-state index is -1.14. The van der Waals surface area contributed by atoms with Crippen LogP contribution < -0.4 is 4.90 Å². The van der Waals surface area contributed by atoms with Crippen molar-refractivity contribution in [3.05, 3.63) is 41.9 Å². The predicted octanol–water partition coefficient (Wildman–Crippen LogP) is 2.87. The summed E-state index contributed by atoms with van der Waals surface area (Å²) in [5.41, 5.74) is -0.523. The zero-order valence-corrected chi connectivity index (χ0v) is 19.8. The number of nitrogens with zero attached hydrogens (tertiary/aromatic N) is 2. The van der Waals surface area contributed by atoms with Crippen molar-refractivity contribution in [3.63, 3.8) is 0 Å². The Morgan fingerprint density at radius 2 is 1.94 bits per heavy atom. The first-order valence-corrected chi connectivity index (χ1v) is 12.2. The van der Waals surface area contributed by atoms with Gasteiger partial charge in [-0.3, -0.25) is 14.4 Å². The highest BCUT2D eigenvalue weighted by Crippen LogP contribution is 2.58. The molecule has 3 aliphatic rings. The van der Waals surface area contributed by atoms with Gasteiger partial charge in [0.2, 0.25) is 5.91 Å². The molecule has 3 saturated heterocycles. The van der Waals surface area contributed by atoms with E-state index in [1.165, 1.54) is 0 Å². The van der Waals surface area contributed by atoms with Crippen LogP contribution in [0.5, 0.6) is 0 Å². The number of carboxylic acid groups (broad SMARTS) is 1. The van der Waals surface area contributed by atoms with E-state index in [-0.39, 0.29) is 25.0 Å². The molecule has 8 nitrogen and oxygen atoms in total. The number of likely N-dealkylation sites (tertiary alicyclic amines) is 1. The van der Waals surface area contributed by atoms with Gasteiger partial charge < -0.3 is 24.7 Å². The molecule has 5 atom stereocenters. The molecule has 1 spiro atoms. The molecule has 0 saturated carbocycles. The molecule has 0 aromatic heterocycles. The van der Waals surface area contributed by atoms with Crippen LogP contribution >= 0.6 is 11.6 Å². The van der Waals surface area contributed by atoms with E-state index in [1.807, 2.05) is 0 Å². The van der Waals surface area contributed by atoms with Gasteiger partial charge in [-0.05, 0) is 49.9 Å². The van der Waals surface area contributed by atoms with Gasteiger partial charge in [0.05, 0.1) is 17.9 Å². The van der Waals surface area contributed by atoms with Gasteiger partial charge >= 0.3 is 5.97 Å². The molecule has 3 aliphatic heterocycles. The number of aliphatic carboxylic acids is 1. The zero-order chi connectivity index (χ0) is 24.5. The largest absolute Gasteiger partial charge is 0.481 e. The molecule has 34 heavy (non-hydrogen) atoms. The van der Waals surface area contributed by atoms with Crippen molar-refractivity contribution in [2.75, 3.05) is 24.6 Å². The number of carboxylic acids is 1. The molecule has 3 heterocycles. The first kappa shape index (κ1) is 24.7. The van der Waals surface area contributed by atoms with E-state index in [9.17, 15) is 19.5 Å². The molecular formula is C25H31ClN2O6. The quantitative estimate of drug-likeness (QED) is 0.365. The minimum Gasteiger partial charge on any atom is -0.481 e. The first-order chi connectivity index (χ1) is 16.4. The Morgan fingerprint density at radius 1 is 1.24 bits per heavy atom. The fourth-order valence-corrected chi connectivity index (χ4v) is 6.05. The van der Waals surface area contributed by atoms with Crippen LogP contribution in [0.15, 0.2) is 36.9 Å². The van der Waals surface area contributed by atoms with Crippen LogP contribution in [0.3, 0.4) is 0 Å². The average Bonchev–Trinajstić information content (AvgIpc) is 3.45. The normalized spacial score (nSPS) is 29.4. The molecule has 2 amide bonds. The van der Waals surface area contributed by atoms with Crippen LogP contribution in [0.1, 0.15) is 38.5 Å². The van der Waals surface area contributed by atoms with E-state index in [0.29, 0.717) is 42.9 Å². The smallest absolute Gasteiger partial charge is 0.310 e. The number of carbonyl (C=O) groups is 3. The van der Waals surface area contributed by atoms with E-state index in [0.717, 1.165) is 12.8 Å². The van der Waals surface area contributed by atoms with E-state index in [4.69, 9.17) is 21.4 Å². The lowest BCUT2D eigenvalue weighted by Gasteiger charge is -2.36. The van der Waals surface area contributed by atoms with Gasteiger partial charge in [-0.15, -0.1) is 6.58 Å². The third-order valence-electron chi connectivity index (χ3n) is 7.34. The number of unbranched alkanes of at least 4 members (excludes halogenated alkanes) is 3. The van der Waals surface area contributed by atoms with Crippen LogP contribution in [0, 0.1) is 11.8 Å². The third kappa shape index (κ3) is 4.12. The Hall–Kier alpha value is -2.42. The summed E-state index contributed by atoms with van der Waals surface area (Å²) in [6, 6.07) is 5.95. The van der Waals surface area contributed by atoms with E-state index in [2.05, 4.69) is 6.58 Å². The Labute approximate surface area is 204 Å². The van der Waals surface area contributed by atoms with Crippen molar-refractivity contribution in [1.29, 1.82) is 0 Å². The fourth-order valence-electron chi connectivity index (χ4n) is 5.92. The first-order valence-electron chi connectivity index (χ1n) is 11.9. The summed E-state index contributed by atoms with van der Waals surface area (Å²) in [6.07, 6.45) is 4.98. The summed E-state index contributed by atoms with van der Waals surface area (Å²) in [4.78, 5) is 42.9. The Balaban J connectivity index is 1.68. The van der Waals surface area contributed by atoms with Crippen molar-refractivity contribution in [1.82, 2.24) is 4.90 Å². The van der Waals surface area contributed by atoms with Gasteiger partial charge in [0.15, 0.2) is 0 Å². The molecule has 1 aromatic rings. The van der Waals surface area contributed by atoms with E-state index < -0.39 is 35.6 Å². The number of benzene rings is 1. The molecule has 9 heteroatoms. The Morgan fingerprint density at radius 3 is 2.59 bits per heavy atom. The monoisotopic (exact) mass is 490 g/mol. The third-order valence-corrected chi connectivity index (χ3v) is 7.59. The Kier molecular flexibility index (Phi) is 7.31. The van der Waals surface area contributed by atoms with Gasteiger partial charge in [-0.25, -0.2) is 0 Å². The number of hydrogen-bond donors (Lipinski definition) is 2. The number of halogens is 1. The molecule has 3 fully saturated rings. The number of hydrogen-bond acceptors (Lipinski definition) is 5. The topological polar surface area (TPSA) is 107 Å². The van der Waals surface area contributed by atoms with Gasteiger partial charge in [-0.2, -0.15) is 0 Å². The lowest BCUT2D eigenvalue weighted by atomic mass is 9.70. The van der Waals surface area contributed by atoms with Crippen LogP contribution in [-0.2, 0) is 19.1 Å². The van der Waals surface area contributed by atoms with Gasteiger partial charge in [0.1, 0.15) is 11.6 Å². The van der Waals surface area contributed by atoms with Crippen molar-refractivity contribution >= 4 is 35.1 Å². The summed E-state index contributed by atoms with van der Waals surface area (Å²) in [5.74, 6) is -3.49. The molecule has 1 aromatic carbocycles. The standard InChI is InChI=1S/C25H31ClN2O6/c1-2-13-27(17-9-7-16(26)8-10-17)23(31)21-25-12-11-18(34-25)19(24(32)33)20(25)22(30)28(21)14-5-3-4-6-15-29/h2,7-10,18-21,29H,1,3-6,11-15H2,(H,32,33)/t18-,19+,20+,21-,25+/m1/s1. The number of ether oxygens (including phenoxy) is 1. The molecule has 0 aliphatic carbocycles. The minimum absolute atomic E-state index is 0.113. The number of anilines is 1. The molecule has 2 N–H and O–H groups in total. The molecular weight excluding hydrogens is 460 g/mol. The summed E-state index contributed by atoms with van der Waals surface area (Å²) in [5, 5.41) is 19.4. The second-order valence-electron chi connectivity index (χ2n) is 9.28. The van der Waals surface area contributed by atoms with Crippen molar-refractivity contribution in [2.24, 2.45) is 11.8 Å². The highest BCUT2D eigenvalue weighted by Gasteiger charge is 2.74. The van der Waals surface area contributed by atoms with E-state index in [1.54, 1.807) is 40.1 Å². The Bertz CT molecular complexity index is 953. The number of fused-ring (bicyclic) bond motifs is 1. The molecule has 184 valence electrons. The highest BCUT2D eigenvalue weighted by molar-refractivity contribution is 6.30. The molecule has 0 radical (unpaired) electrons. The average molecular weight is 491 g/mol. The van der Waals surface area contributed by atoms with Crippen molar-refractivity contribution < 1.29 is 29.3 Å². The fraction of sp³-hybridized carbons (Fsp3) is 0.560. The van der Waals surface area contributed by atoms with Crippen LogP contribution in [0.2, 0.25) is 5.02 Å².